The van der Waals surface area contributed by atoms with E-state index in [9.17, 15) is 13.2 Å². The van der Waals surface area contributed by atoms with Crippen LogP contribution in [0.4, 0.5) is 0 Å². The van der Waals surface area contributed by atoms with Crippen LogP contribution in [0.2, 0.25) is 0 Å². The molecule has 1 atom stereocenters. The lowest BCUT2D eigenvalue weighted by Gasteiger charge is -2.09. The molecule has 0 aliphatic rings. The number of ether oxygens (including phenoxy) is 2. The van der Waals surface area contributed by atoms with E-state index in [1.54, 1.807) is 0 Å². The van der Waals surface area contributed by atoms with Crippen molar-refractivity contribution in [2.75, 3.05) is 19.0 Å². The maximum Gasteiger partial charge on any atom is 0.293 e. The summed E-state index contributed by atoms with van der Waals surface area (Å²) < 4.78 is 38.9. The summed E-state index contributed by atoms with van der Waals surface area (Å²) in [5, 5.41) is 0. The van der Waals surface area contributed by atoms with E-state index in [-0.39, 0.29) is 19.7 Å². The maximum atomic E-state index is 10.5. The predicted molar refractivity (Wildman–Crippen MR) is 51.6 cm³/mol. The lowest BCUT2D eigenvalue weighted by atomic mass is 10.4. The van der Waals surface area contributed by atoms with Crippen molar-refractivity contribution in [3.05, 3.63) is 0 Å². The Morgan fingerprint density at radius 2 is 2.13 bits per heavy atom. The molecule has 0 aromatic carbocycles. The first-order valence-electron chi connectivity index (χ1n) is 4.04. The molecule has 0 radical (unpaired) electrons. The van der Waals surface area contributed by atoms with Gasteiger partial charge in [0.05, 0.1) is 6.61 Å². The first kappa shape index (κ1) is 13.9. The number of hydrogen-bond acceptors (Lipinski definition) is 5. The highest BCUT2D eigenvalue weighted by Crippen LogP contribution is 1.96. The molecule has 86 valence electrons. The second-order valence-corrected chi connectivity index (χ2v) is 3.97. The van der Waals surface area contributed by atoms with E-state index in [4.69, 9.17) is 9.29 Å². The van der Waals surface area contributed by atoms with Gasteiger partial charge in [-0.25, -0.2) is 0 Å². The van der Waals surface area contributed by atoms with Crippen LogP contribution in [0.3, 0.4) is 0 Å². The third-order valence-electron chi connectivity index (χ3n) is 1.26. The standard InChI is InChI=1S/C8H12O6S/c1-2-3-8(6-15(10,11)12)14-5-4-13-7-9/h7-8H,4-6H2,1H3,(H,10,11,12). The third kappa shape index (κ3) is 9.21. The zero-order valence-electron chi connectivity index (χ0n) is 8.17. The van der Waals surface area contributed by atoms with Crippen LogP contribution in [-0.4, -0.2) is 44.5 Å². The number of rotatable bonds is 7. The Morgan fingerprint density at radius 1 is 1.47 bits per heavy atom. The van der Waals surface area contributed by atoms with Crippen molar-refractivity contribution in [2.45, 2.75) is 13.0 Å². The Hall–Kier alpha value is -1.10. The Labute approximate surface area is 88.3 Å². The van der Waals surface area contributed by atoms with Gasteiger partial charge in [0, 0.05) is 0 Å². The molecule has 1 N–H and O–H groups in total. The molecule has 0 rings (SSSR count). The predicted octanol–water partition coefficient (Wildman–Crippen LogP) is -0.544. The van der Waals surface area contributed by atoms with Gasteiger partial charge >= 0.3 is 0 Å². The number of hydrogen-bond donors (Lipinski definition) is 1. The van der Waals surface area contributed by atoms with Gasteiger partial charge in [0.15, 0.2) is 0 Å². The van der Waals surface area contributed by atoms with Gasteiger partial charge < -0.3 is 9.47 Å². The van der Waals surface area contributed by atoms with Crippen molar-refractivity contribution in [1.29, 1.82) is 0 Å². The lowest BCUT2D eigenvalue weighted by molar-refractivity contribution is -0.130. The van der Waals surface area contributed by atoms with Gasteiger partial charge in [0.1, 0.15) is 18.5 Å². The normalized spacial score (nSPS) is 12.4. The van der Waals surface area contributed by atoms with E-state index in [0.29, 0.717) is 0 Å². The summed E-state index contributed by atoms with van der Waals surface area (Å²) in [4.78, 5) is 9.76. The minimum Gasteiger partial charge on any atom is -0.465 e. The van der Waals surface area contributed by atoms with E-state index in [1.165, 1.54) is 6.92 Å². The van der Waals surface area contributed by atoms with Crippen LogP contribution in [0.25, 0.3) is 0 Å². The molecule has 0 aliphatic heterocycles. The highest BCUT2D eigenvalue weighted by molar-refractivity contribution is 7.85. The molecule has 0 saturated carbocycles. The van der Waals surface area contributed by atoms with Gasteiger partial charge in [-0.05, 0) is 6.92 Å². The summed E-state index contributed by atoms with van der Waals surface area (Å²) in [6.07, 6.45) is -0.916. The summed E-state index contributed by atoms with van der Waals surface area (Å²) in [7, 11) is -4.13. The van der Waals surface area contributed by atoms with E-state index >= 15 is 0 Å². The average Bonchev–Trinajstić information content (AvgIpc) is 2.10. The van der Waals surface area contributed by atoms with Gasteiger partial charge in [0.25, 0.3) is 16.6 Å². The molecule has 7 heteroatoms. The van der Waals surface area contributed by atoms with E-state index < -0.39 is 22.0 Å². The Balaban J connectivity index is 4.04. The first-order chi connectivity index (χ1) is 6.99. The van der Waals surface area contributed by atoms with Crippen molar-refractivity contribution < 1.29 is 27.2 Å². The molecule has 6 nitrogen and oxygen atoms in total. The van der Waals surface area contributed by atoms with Crippen LogP contribution >= 0.6 is 0 Å². The minimum absolute atomic E-state index is 0.0108. The van der Waals surface area contributed by atoms with Gasteiger partial charge in [-0.15, -0.1) is 5.92 Å². The molecule has 0 aromatic heterocycles. The monoisotopic (exact) mass is 236 g/mol. The maximum absolute atomic E-state index is 10.5. The third-order valence-corrected chi connectivity index (χ3v) is 1.98. The summed E-state index contributed by atoms with van der Waals surface area (Å²) in [5.41, 5.74) is 0. The zero-order chi connectivity index (χ0) is 11.7. The molecule has 0 amide bonds. The van der Waals surface area contributed by atoms with Crippen molar-refractivity contribution in [3.63, 3.8) is 0 Å². The van der Waals surface area contributed by atoms with Gasteiger partial charge in [-0.3, -0.25) is 9.35 Å². The highest BCUT2D eigenvalue weighted by Gasteiger charge is 2.14. The topological polar surface area (TPSA) is 89.9 Å². The molecule has 0 bridgehead atoms. The summed E-state index contributed by atoms with van der Waals surface area (Å²) in [6, 6.07) is 0. The van der Waals surface area contributed by atoms with Gasteiger partial charge in [-0.2, -0.15) is 8.42 Å². The molecule has 0 aliphatic carbocycles. The smallest absolute Gasteiger partial charge is 0.293 e. The lowest BCUT2D eigenvalue weighted by Crippen LogP contribution is -2.24. The number of carbonyl (C=O) groups is 1. The molecule has 0 heterocycles. The Bertz CT molecular complexity index is 336. The van der Waals surface area contributed by atoms with Crippen LogP contribution in [0.1, 0.15) is 6.92 Å². The second kappa shape index (κ2) is 7.23. The van der Waals surface area contributed by atoms with E-state index in [1.807, 2.05) is 0 Å². The summed E-state index contributed by atoms with van der Waals surface area (Å²) in [6.45, 7) is 1.80. The molecular weight excluding hydrogens is 224 g/mol. The molecule has 0 fully saturated rings. The summed E-state index contributed by atoms with van der Waals surface area (Å²) in [5.74, 6) is 4.33. The summed E-state index contributed by atoms with van der Waals surface area (Å²) >= 11 is 0. The average molecular weight is 236 g/mol. The van der Waals surface area contributed by atoms with Crippen LogP contribution in [0.15, 0.2) is 0 Å². The van der Waals surface area contributed by atoms with E-state index in [2.05, 4.69) is 16.6 Å². The van der Waals surface area contributed by atoms with Crippen molar-refractivity contribution in [3.8, 4) is 11.8 Å². The quantitative estimate of drug-likeness (QED) is 0.276. The fourth-order valence-corrected chi connectivity index (χ4v) is 1.33. The molecule has 0 saturated heterocycles. The van der Waals surface area contributed by atoms with Crippen LogP contribution < -0.4 is 0 Å². The van der Waals surface area contributed by atoms with Gasteiger partial charge in [0.2, 0.25) is 0 Å². The minimum atomic E-state index is -4.13. The highest BCUT2D eigenvalue weighted by atomic mass is 32.2. The van der Waals surface area contributed by atoms with Crippen molar-refractivity contribution in [1.82, 2.24) is 0 Å². The zero-order valence-corrected chi connectivity index (χ0v) is 8.99. The van der Waals surface area contributed by atoms with Crippen LogP contribution in [0, 0.1) is 11.8 Å². The van der Waals surface area contributed by atoms with Gasteiger partial charge in [-0.1, -0.05) is 5.92 Å². The molecule has 0 aromatic rings. The fourth-order valence-electron chi connectivity index (χ4n) is 0.770. The molecule has 1 unspecified atom stereocenters. The Kier molecular flexibility index (Phi) is 6.70. The van der Waals surface area contributed by atoms with E-state index in [0.717, 1.165) is 0 Å². The van der Waals surface area contributed by atoms with Crippen molar-refractivity contribution in [2.24, 2.45) is 0 Å². The molecule has 0 spiro atoms. The number of carbonyl (C=O) groups excluding carboxylic acids is 1. The Morgan fingerprint density at radius 3 is 2.60 bits per heavy atom. The van der Waals surface area contributed by atoms with Crippen LogP contribution in [-0.2, 0) is 24.4 Å². The van der Waals surface area contributed by atoms with Crippen LogP contribution in [0.5, 0.6) is 0 Å². The largest absolute Gasteiger partial charge is 0.465 e. The second-order valence-electron chi connectivity index (χ2n) is 2.47. The van der Waals surface area contributed by atoms with Crippen molar-refractivity contribution >= 4 is 16.6 Å². The molecule has 15 heavy (non-hydrogen) atoms. The first-order valence-corrected chi connectivity index (χ1v) is 5.65. The SMILES string of the molecule is CC#CC(CS(=O)(=O)O)OCCOC=O. The molecular formula is C8H12O6S. The fraction of sp³-hybridized carbons (Fsp3) is 0.625.